The number of aromatic nitrogens is 1. The molecule has 2 aliphatic rings. The summed E-state index contributed by atoms with van der Waals surface area (Å²) in [7, 11) is -3.75. The van der Waals surface area contributed by atoms with Gasteiger partial charge in [-0.25, -0.2) is 22.2 Å². The van der Waals surface area contributed by atoms with Crippen molar-refractivity contribution in [3.8, 4) is 0 Å². The normalized spacial score (nSPS) is 18.1. The lowest BCUT2D eigenvalue weighted by atomic mass is 9.94. The van der Waals surface area contributed by atoms with Crippen LogP contribution in [0.3, 0.4) is 0 Å². The number of nitrogens with zero attached hydrogens (tertiary/aromatic N) is 2. The summed E-state index contributed by atoms with van der Waals surface area (Å²) in [4.78, 5) is 29.2. The molecule has 2 aromatic rings. The van der Waals surface area contributed by atoms with Crippen LogP contribution in [0, 0.1) is 11.6 Å². The van der Waals surface area contributed by atoms with Crippen molar-refractivity contribution in [3.63, 3.8) is 0 Å². The minimum atomic E-state index is -3.75. The van der Waals surface area contributed by atoms with E-state index in [1.807, 2.05) is 0 Å². The van der Waals surface area contributed by atoms with E-state index in [0.29, 0.717) is 5.69 Å². The monoisotopic (exact) mass is 623 g/mol. The maximum Gasteiger partial charge on any atom is 0.247 e. The fourth-order valence-electron chi connectivity index (χ4n) is 4.98. The summed E-state index contributed by atoms with van der Waals surface area (Å²) in [5.41, 5.74) is 4.43. The molecular weight excluding hydrogens is 588 g/mol. The Morgan fingerprint density at radius 2 is 1.83 bits per heavy atom. The molecule has 4 rings (SSSR count). The topological polar surface area (TPSA) is 155 Å². The molecule has 1 unspecified atom stereocenters. The second kappa shape index (κ2) is 12.7. The zero-order chi connectivity index (χ0) is 30.8. The summed E-state index contributed by atoms with van der Waals surface area (Å²) in [5.74, 6) is -2.62. The Hall–Kier alpha value is -3.07. The van der Waals surface area contributed by atoms with Crippen LogP contribution >= 0.6 is 11.8 Å². The van der Waals surface area contributed by atoms with Gasteiger partial charge in [-0.2, -0.15) is 4.31 Å². The van der Waals surface area contributed by atoms with Crippen molar-refractivity contribution in [1.29, 1.82) is 0 Å². The van der Waals surface area contributed by atoms with Gasteiger partial charge in [0.2, 0.25) is 21.8 Å². The number of nitrogens with two attached hydrogens (primary N) is 1. The average Bonchev–Trinajstić information content (AvgIpc) is 3.52. The highest BCUT2D eigenvalue weighted by molar-refractivity contribution is 8.03. The van der Waals surface area contributed by atoms with E-state index in [0.717, 1.165) is 60.1 Å². The Labute approximate surface area is 248 Å². The number of pyridine rings is 1. The van der Waals surface area contributed by atoms with Gasteiger partial charge in [-0.15, -0.1) is 0 Å². The summed E-state index contributed by atoms with van der Waals surface area (Å²) in [5, 5.41) is 15.5. The number of nitrogens with one attached hydrogen (secondary N) is 2. The third kappa shape index (κ3) is 7.85. The van der Waals surface area contributed by atoms with Crippen molar-refractivity contribution in [2.24, 2.45) is 5.73 Å². The highest BCUT2D eigenvalue weighted by atomic mass is 32.2. The molecule has 228 valence electrons. The van der Waals surface area contributed by atoms with Gasteiger partial charge < -0.3 is 21.5 Å². The van der Waals surface area contributed by atoms with Gasteiger partial charge in [-0.3, -0.25) is 9.59 Å². The molecule has 42 heavy (non-hydrogen) atoms. The molecule has 14 heteroatoms. The number of benzene rings is 1. The first-order valence-corrected chi connectivity index (χ1v) is 16.2. The predicted molar refractivity (Wildman–Crippen MR) is 156 cm³/mol. The van der Waals surface area contributed by atoms with Gasteiger partial charge in [0.05, 0.1) is 35.7 Å². The van der Waals surface area contributed by atoms with Crippen molar-refractivity contribution in [2.45, 2.75) is 69.4 Å². The summed E-state index contributed by atoms with van der Waals surface area (Å²) in [6, 6.07) is 6.99. The van der Waals surface area contributed by atoms with Crippen molar-refractivity contribution in [2.75, 3.05) is 18.1 Å². The third-order valence-electron chi connectivity index (χ3n) is 7.22. The van der Waals surface area contributed by atoms with Crippen LogP contribution in [0.15, 0.2) is 40.9 Å². The lowest BCUT2D eigenvalue weighted by Crippen LogP contribution is -2.43. The number of hydrogen-bond donors (Lipinski definition) is 4. The number of carbonyl (C=O) groups excluding carboxylic acids is 2. The van der Waals surface area contributed by atoms with Crippen LogP contribution in [0.4, 0.5) is 14.6 Å². The van der Waals surface area contributed by atoms with Crippen LogP contribution in [0.5, 0.6) is 0 Å². The number of thioether (sulfide) groups is 1. The Balaban J connectivity index is 1.50. The minimum Gasteiger partial charge on any atom is -0.386 e. The molecule has 0 bridgehead atoms. The fourth-order valence-corrected chi connectivity index (χ4v) is 7.07. The molecule has 1 aliphatic carbocycles. The van der Waals surface area contributed by atoms with E-state index >= 15 is 8.78 Å². The molecule has 5 N–H and O–H groups in total. The molecule has 1 aromatic carbocycles. The molecule has 10 nitrogen and oxygen atoms in total. The minimum absolute atomic E-state index is 0.0459. The molecular formula is C28H35F2N5O5S2. The van der Waals surface area contributed by atoms with Crippen molar-refractivity contribution in [3.05, 3.63) is 69.4 Å². The molecule has 1 atom stereocenters. The number of sulfonamides is 1. The first-order chi connectivity index (χ1) is 19.6. The van der Waals surface area contributed by atoms with E-state index in [9.17, 15) is 23.1 Å². The molecule has 1 fully saturated rings. The Morgan fingerprint density at radius 1 is 1.19 bits per heavy atom. The molecule has 1 aromatic heterocycles. The average molecular weight is 624 g/mol. The van der Waals surface area contributed by atoms with Gasteiger partial charge in [0, 0.05) is 22.4 Å². The standard InChI is InChI=1S/C28H35F2N5O5S2/c1-28(2,38)16-11-20(29)25(21(30)12-16)22-13-19(26(31)37)27(41-22)34-23-10-6-9-18(32-23)14-35(42(3,39)40)15-24(36)33-17-7-4-5-8-17/h6,9-12,17,22,38H,4-5,7-8,13-15H2,1-3H3,(H2,31,37)(H,32,34)(H,33,36). The number of primary amides is 1. The first-order valence-electron chi connectivity index (χ1n) is 13.5. The van der Waals surface area contributed by atoms with Gasteiger partial charge in [-0.05, 0) is 62.9 Å². The van der Waals surface area contributed by atoms with Gasteiger partial charge in [0.25, 0.3) is 0 Å². The summed E-state index contributed by atoms with van der Waals surface area (Å²) in [6.07, 6.45) is 4.76. The number of halogens is 2. The SMILES string of the molecule is CC(C)(O)c1cc(F)c(C2CC(C(N)=O)=C(Nc3cccc(CN(CC(=O)NC4CCCC4)S(C)(=O)=O)n3)S2)c(F)c1. The maximum absolute atomic E-state index is 15.0. The van der Waals surface area contributed by atoms with Crippen LogP contribution < -0.4 is 16.4 Å². The van der Waals surface area contributed by atoms with Crippen LogP contribution in [0.2, 0.25) is 0 Å². The van der Waals surface area contributed by atoms with Crippen LogP contribution in [-0.2, 0) is 31.8 Å². The van der Waals surface area contributed by atoms with Gasteiger partial charge in [0.1, 0.15) is 17.5 Å². The first kappa shape index (κ1) is 31.9. The summed E-state index contributed by atoms with van der Waals surface area (Å²) < 4.78 is 56.0. The van der Waals surface area contributed by atoms with Crippen LogP contribution in [-0.4, -0.2) is 53.5 Å². The number of aliphatic hydroxyl groups is 1. The van der Waals surface area contributed by atoms with E-state index < -0.39 is 38.4 Å². The highest BCUT2D eigenvalue weighted by Gasteiger charge is 2.34. The van der Waals surface area contributed by atoms with Crippen molar-refractivity contribution < 1.29 is 31.9 Å². The van der Waals surface area contributed by atoms with E-state index in [1.54, 1.807) is 18.2 Å². The summed E-state index contributed by atoms with van der Waals surface area (Å²) in [6.45, 7) is 2.31. The Bertz CT molecular complexity index is 1480. The fraction of sp³-hybridized carbons (Fsp3) is 0.464. The molecule has 2 amide bonds. The van der Waals surface area contributed by atoms with E-state index in [-0.39, 0.29) is 59.0 Å². The number of carbonyl (C=O) groups is 2. The van der Waals surface area contributed by atoms with Gasteiger partial charge in [-0.1, -0.05) is 30.7 Å². The van der Waals surface area contributed by atoms with E-state index in [1.165, 1.54) is 13.8 Å². The molecule has 0 saturated heterocycles. The summed E-state index contributed by atoms with van der Waals surface area (Å²) >= 11 is 1.01. The Kier molecular flexibility index (Phi) is 9.60. The third-order valence-corrected chi connectivity index (χ3v) is 9.69. The quantitative estimate of drug-likeness (QED) is 0.297. The zero-order valence-electron chi connectivity index (χ0n) is 23.6. The van der Waals surface area contributed by atoms with E-state index in [4.69, 9.17) is 5.73 Å². The lowest BCUT2D eigenvalue weighted by Gasteiger charge is -2.21. The molecule has 1 aliphatic heterocycles. The van der Waals surface area contributed by atoms with Gasteiger partial charge >= 0.3 is 0 Å². The maximum atomic E-state index is 15.0. The molecule has 0 radical (unpaired) electrons. The van der Waals surface area contributed by atoms with Crippen LogP contribution in [0.1, 0.15) is 68.0 Å². The number of hydrogen-bond acceptors (Lipinski definition) is 8. The highest BCUT2D eigenvalue weighted by Crippen LogP contribution is 2.49. The van der Waals surface area contributed by atoms with Crippen LogP contribution in [0.25, 0.3) is 0 Å². The zero-order valence-corrected chi connectivity index (χ0v) is 25.2. The van der Waals surface area contributed by atoms with Crippen molar-refractivity contribution in [1.82, 2.24) is 14.6 Å². The second-order valence-electron chi connectivity index (χ2n) is 11.1. The lowest BCUT2D eigenvalue weighted by molar-refractivity contribution is -0.122. The largest absolute Gasteiger partial charge is 0.386 e. The number of rotatable bonds is 11. The Morgan fingerprint density at radius 3 is 2.40 bits per heavy atom. The molecule has 2 heterocycles. The van der Waals surface area contributed by atoms with Crippen molar-refractivity contribution >= 4 is 39.4 Å². The number of amides is 2. The van der Waals surface area contributed by atoms with E-state index in [2.05, 4.69) is 15.6 Å². The second-order valence-corrected chi connectivity index (χ2v) is 14.3. The number of anilines is 1. The molecule has 1 saturated carbocycles. The van der Waals surface area contributed by atoms with Gasteiger partial charge in [0.15, 0.2) is 0 Å². The smallest absolute Gasteiger partial charge is 0.247 e. The predicted octanol–water partition coefficient (Wildman–Crippen LogP) is 3.39. The molecule has 0 spiro atoms.